The molecule has 0 aromatic heterocycles. The monoisotopic (exact) mass is 316 g/mol. The second-order valence-corrected chi connectivity index (χ2v) is 6.21. The quantitative estimate of drug-likeness (QED) is 0.874. The first kappa shape index (κ1) is 14.9. The highest BCUT2D eigenvalue weighted by Crippen LogP contribution is 2.24. The number of anilines is 1. The van der Waals surface area contributed by atoms with Gasteiger partial charge in [0.25, 0.3) is 0 Å². The van der Waals surface area contributed by atoms with Gasteiger partial charge >= 0.3 is 0 Å². The smallest absolute Gasteiger partial charge is 0.0375 e. The van der Waals surface area contributed by atoms with Crippen molar-refractivity contribution in [1.29, 1.82) is 0 Å². The van der Waals surface area contributed by atoms with Gasteiger partial charge in [-0.3, -0.25) is 0 Å². The summed E-state index contributed by atoms with van der Waals surface area (Å²) in [6.07, 6.45) is 3.05. The van der Waals surface area contributed by atoms with E-state index in [1.54, 1.807) is 0 Å². The van der Waals surface area contributed by atoms with Gasteiger partial charge in [0, 0.05) is 35.5 Å². The molecule has 4 heteroatoms. The molecule has 0 radical (unpaired) electrons. The van der Waals surface area contributed by atoms with Crippen LogP contribution in [0.1, 0.15) is 12.5 Å². The van der Waals surface area contributed by atoms with Crippen LogP contribution in [0.2, 0.25) is 0 Å². The summed E-state index contributed by atoms with van der Waals surface area (Å²) >= 11 is 5.50. The number of nitrogens with zero attached hydrogens (tertiary/aromatic N) is 1. The number of hydrogen-bond donors (Lipinski definition) is 1. The zero-order valence-corrected chi connectivity index (χ0v) is 13.1. The van der Waals surface area contributed by atoms with Crippen molar-refractivity contribution in [2.24, 2.45) is 5.73 Å². The highest BCUT2D eigenvalue weighted by atomic mass is 79.9. The predicted octanol–water partition coefficient (Wildman–Crippen LogP) is 3.14. The van der Waals surface area contributed by atoms with Gasteiger partial charge in [0.15, 0.2) is 0 Å². The van der Waals surface area contributed by atoms with Crippen molar-refractivity contribution in [3.8, 4) is 0 Å². The Balaban J connectivity index is 2.73. The summed E-state index contributed by atoms with van der Waals surface area (Å²) < 4.78 is 1.16. The van der Waals surface area contributed by atoms with E-state index in [0.717, 1.165) is 23.2 Å². The number of thioether (sulfide) groups is 1. The number of rotatable bonds is 6. The molecule has 0 aliphatic rings. The predicted molar refractivity (Wildman–Crippen MR) is 83.1 cm³/mol. The molecular formula is C13H21BrN2S. The summed E-state index contributed by atoms with van der Waals surface area (Å²) in [7, 11) is 2.13. The Hall–Kier alpha value is -0.190. The van der Waals surface area contributed by atoms with Gasteiger partial charge in [-0.1, -0.05) is 22.0 Å². The highest BCUT2D eigenvalue weighted by molar-refractivity contribution is 9.10. The maximum Gasteiger partial charge on any atom is 0.0375 e. The lowest BCUT2D eigenvalue weighted by Gasteiger charge is -2.20. The van der Waals surface area contributed by atoms with Gasteiger partial charge in [-0.05, 0) is 37.3 Å². The molecule has 0 saturated heterocycles. The van der Waals surface area contributed by atoms with Crippen LogP contribution < -0.4 is 10.6 Å². The van der Waals surface area contributed by atoms with E-state index in [1.165, 1.54) is 11.3 Å². The SMILES string of the molecule is CSCCN(C)c1ccc(CC(C)N)c(Br)c1. The zero-order valence-electron chi connectivity index (χ0n) is 10.7. The summed E-state index contributed by atoms with van der Waals surface area (Å²) in [5, 5.41) is 0. The van der Waals surface area contributed by atoms with Crippen LogP contribution in [0.3, 0.4) is 0 Å². The minimum atomic E-state index is 0.200. The Labute approximate surface area is 117 Å². The molecule has 1 atom stereocenters. The van der Waals surface area contributed by atoms with E-state index < -0.39 is 0 Å². The Bertz CT molecular complexity index is 355. The first-order valence-corrected chi connectivity index (χ1v) is 7.97. The van der Waals surface area contributed by atoms with Crippen molar-refractivity contribution < 1.29 is 0 Å². The maximum atomic E-state index is 5.82. The van der Waals surface area contributed by atoms with Crippen LogP contribution in [0.5, 0.6) is 0 Å². The maximum absolute atomic E-state index is 5.82. The zero-order chi connectivity index (χ0) is 12.8. The van der Waals surface area contributed by atoms with E-state index in [9.17, 15) is 0 Å². The molecule has 2 nitrogen and oxygen atoms in total. The van der Waals surface area contributed by atoms with Crippen LogP contribution in [0.25, 0.3) is 0 Å². The number of benzene rings is 1. The molecule has 2 N–H and O–H groups in total. The van der Waals surface area contributed by atoms with Crippen molar-refractivity contribution in [3.63, 3.8) is 0 Å². The van der Waals surface area contributed by atoms with Crippen LogP contribution in [0, 0.1) is 0 Å². The molecule has 0 heterocycles. The van der Waals surface area contributed by atoms with Gasteiger partial charge in [-0.25, -0.2) is 0 Å². The third-order valence-electron chi connectivity index (χ3n) is 2.65. The second kappa shape index (κ2) is 7.29. The molecule has 0 amide bonds. The second-order valence-electron chi connectivity index (χ2n) is 4.37. The molecule has 0 aliphatic heterocycles. The number of hydrogen-bond acceptors (Lipinski definition) is 3. The Morgan fingerprint density at radius 1 is 1.47 bits per heavy atom. The largest absolute Gasteiger partial charge is 0.374 e. The molecule has 17 heavy (non-hydrogen) atoms. The van der Waals surface area contributed by atoms with E-state index >= 15 is 0 Å². The summed E-state index contributed by atoms with van der Waals surface area (Å²) in [6.45, 7) is 3.10. The Kier molecular flexibility index (Phi) is 6.38. The van der Waals surface area contributed by atoms with Crippen molar-refractivity contribution in [3.05, 3.63) is 28.2 Å². The topological polar surface area (TPSA) is 29.3 Å². The van der Waals surface area contributed by atoms with Gasteiger partial charge < -0.3 is 10.6 Å². The van der Waals surface area contributed by atoms with Gasteiger partial charge in [-0.15, -0.1) is 0 Å². The van der Waals surface area contributed by atoms with Crippen LogP contribution in [0.15, 0.2) is 22.7 Å². The summed E-state index contributed by atoms with van der Waals surface area (Å²) in [4.78, 5) is 2.27. The summed E-state index contributed by atoms with van der Waals surface area (Å²) in [6, 6.07) is 6.71. The van der Waals surface area contributed by atoms with Crippen molar-refractivity contribution >= 4 is 33.4 Å². The van der Waals surface area contributed by atoms with Gasteiger partial charge in [0.2, 0.25) is 0 Å². The molecule has 0 saturated carbocycles. The van der Waals surface area contributed by atoms with E-state index in [4.69, 9.17) is 5.73 Å². The highest BCUT2D eigenvalue weighted by Gasteiger charge is 2.06. The third-order valence-corrected chi connectivity index (χ3v) is 3.98. The number of nitrogens with two attached hydrogens (primary N) is 1. The first-order chi connectivity index (χ1) is 8.04. The molecule has 96 valence electrons. The lowest BCUT2D eigenvalue weighted by Crippen LogP contribution is -2.21. The normalized spacial score (nSPS) is 12.5. The van der Waals surface area contributed by atoms with Gasteiger partial charge in [0.05, 0.1) is 0 Å². The fourth-order valence-corrected chi connectivity index (χ4v) is 2.63. The van der Waals surface area contributed by atoms with Crippen molar-refractivity contribution in [2.75, 3.05) is 30.5 Å². The van der Waals surface area contributed by atoms with Crippen LogP contribution in [-0.2, 0) is 6.42 Å². The van der Waals surface area contributed by atoms with Crippen LogP contribution in [-0.4, -0.2) is 31.6 Å². The van der Waals surface area contributed by atoms with Crippen molar-refractivity contribution in [2.45, 2.75) is 19.4 Å². The van der Waals surface area contributed by atoms with E-state index in [1.807, 2.05) is 18.7 Å². The summed E-state index contributed by atoms with van der Waals surface area (Å²) in [5.74, 6) is 1.15. The van der Waals surface area contributed by atoms with E-state index in [2.05, 4.69) is 52.3 Å². The van der Waals surface area contributed by atoms with E-state index in [0.29, 0.717) is 0 Å². The minimum absolute atomic E-state index is 0.200. The van der Waals surface area contributed by atoms with E-state index in [-0.39, 0.29) is 6.04 Å². The molecule has 1 rings (SSSR count). The molecule has 0 spiro atoms. The minimum Gasteiger partial charge on any atom is -0.374 e. The van der Waals surface area contributed by atoms with Gasteiger partial charge in [-0.2, -0.15) is 11.8 Å². The molecular weight excluding hydrogens is 296 g/mol. The number of halogens is 1. The van der Waals surface area contributed by atoms with Gasteiger partial charge in [0.1, 0.15) is 0 Å². The standard InChI is InChI=1S/C13H21BrN2S/c1-10(15)8-11-4-5-12(9-13(11)14)16(2)6-7-17-3/h4-5,9-10H,6-8,15H2,1-3H3. The Morgan fingerprint density at radius 3 is 2.71 bits per heavy atom. The average Bonchev–Trinajstić information content (AvgIpc) is 2.28. The Morgan fingerprint density at radius 2 is 2.18 bits per heavy atom. The average molecular weight is 317 g/mol. The molecule has 1 unspecified atom stereocenters. The first-order valence-electron chi connectivity index (χ1n) is 5.78. The molecule has 0 fully saturated rings. The fourth-order valence-electron chi connectivity index (χ4n) is 1.64. The van der Waals surface area contributed by atoms with Crippen molar-refractivity contribution in [1.82, 2.24) is 0 Å². The lowest BCUT2D eigenvalue weighted by atomic mass is 10.1. The third kappa shape index (κ3) is 4.90. The van der Waals surface area contributed by atoms with Crippen LogP contribution >= 0.6 is 27.7 Å². The van der Waals surface area contributed by atoms with Crippen LogP contribution in [0.4, 0.5) is 5.69 Å². The fraction of sp³-hybridized carbons (Fsp3) is 0.538. The molecule has 0 aliphatic carbocycles. The summed E-state index contributed by atoms with van der Waals surface area (Å²) in [5.41, 5.74) is 8.35. The molecule has 0 bridgehead atoms. The molecule has 1 aromatic rings. The molecule has 1 aromatic carbocycles. The lowest BCUT2D eigenvalue weighted by molar-refractivity contribution is 0.736.